The van der Waals surface area contributed by atoms with Crippen LogP contribution in [0.15, 0.2) is 0 Å². The maximum absolute atomic E-state index is 2.33. The Morgan fingerprint density at radius 1 is 1.33 bits per heavy atom. The molecule has 12 heavy (non-hydrogen) atoms. The highest BCUT2D eigenvalue weighted by molar-refractivity contribution is 8.20. The molecule has 0 saturated carbocycles. The quantitative estimate of drug-likeness (QED) is 0.711. The van der Waals surface area contributed by atoms with E-state index in [0.29, 0.717) is 4.08 Å². The van der Waals surface area contributed by atoms with Gasteiger partial charge in [-0.1, -0.05) is 13.8 Å². The second-order valence-corrected chi connectivity index (χ2v) is 7.33. The Labute approximate surface area is 89.0 Å². The summed E-state index contributed by atoms with van der Waals surface area (Å²) in [6.07, 6.45) is 2.65. The summed E-state index contributed by atoms with van der Waals surface area (Å²) in [6.45, 7) is 4.61. The van der Waals surface area contributed by atoms with E-state index >= 15 is 0 Å². The molecule has 1 heterocycles. The molecule has 1 atom stereocenters. The molecule has 1 aliphatic rings. The maximum Gasteiger partial charge on any atom is 0.0698 e. The fraction of sp³-hybridized carbons (Fsp3) is 1.00. The van der Waals surface area contributed by atoms with Gasteiger partial charge in [-0.05, 0) is 18.6 Å². The van der Waals surface area contributed by atoms with Gasteiger partial charge in [-0.3, -0.25) is 0 Å². The molecule has 0 aromatic carbocycles. The molecule has 3 heteroatoms. The highest BCUT2D eigenvalue weighted by Gasteiger charge is 2.31. The summed E-state index contributed by atoms with van der Waals surface area (Å²) in [7, 11) is 0. The molecule has 1 aliphatic heterocycles. The van der Waals surface area contributed by atoms with Crippen molar-refractivity contribution in [3.8, 4) is 0 Å². The van der Waals surface area contributed by atoms with Crippen molar-refractivity contribution in [2.45, 2.75) is 30.8 Å². The predicted octanol–water partition coefficient (Wildman–Crippen LogP) is 3.72. The van der Waals surface area contributed by atoms with Gasteiger partial charge in [0, 0.05) is 17.3 Å². The minimum atomic E-state index is 0.568. The lowest BCUT2D eigenvalue weighted by Gasteiger charge is -2.34. The molecule has 0 spiro atoms. The standard InChI is InChI=1S/C9H18S3/c1-3-5-11-9(4-2)8-10-6-7-12-9/h3-8H2,1-2H3. The molecule has 0 aromatic rings. The van der Waals surface area contributed by atoms with Crippen molar-refractivity contribution in [1.29, 1.82) is 0 Å². The van der Waals surface area contributed by atoms with Gasteiger partial charge in [0.15, 0.2) is 0 Å². The molecule has 1 saturated heterocycles. The van der Waals surface area contributed by atoms with Crippen LogP contribution in [-0.2, 0) is 0 Å². The summed E-state index contributed by atoms with van der Waals surface area (Å²) in [6, 6.07) is 0. The predicted molar refractivity (Wildman–Crippen MR) is 65.6 cm³/mol. The normalized spacial score (nSPS) is 30.5. The average Bonchev–Trinajstić information content (AvgIpc) is 2.16. The zero-order valence-electron chi connectivity index (χ0n) is 7.97. The van der Waals surface area contributed by atoms with Crippen molar-refractivity contribution in [1.82, 2.24) is 0 Å². The van der Waals surface area contributed by atoms with Crippen LogP contribution in [0.5, 0.6) is 0 Å². The van der Waals surface area contributed by atoms with Crippen LogP contribution in [0.4, 0.5) is 0 Å². The Balaban J connectivity index is 2.37. The summed E-state index contributed by atoms with van der Waals surface area (Å²) >= 11 is 6.51. The lowest BCUT2D eigenvalue weighted by molar-refractivity contribution is 0.849. The van der Waals surface area contributed by atoms with Gasteiger partial charge in [0.25, 0.3) is 0 Å². The largest absolute Gasteiger partial charge is 0.159 e. The van der Waals surface area contributed by atoms with Gasteiger partial charge in [0.1, 0.15) is 0 Å². The van der Waals surface area contributed by atoms with Crippen molar-refractivity contribution in [3.05, 3.63) is 0 Å². The molecule has 72 valence electrons. The number of rotatable bonds is 4. The molecule has 0 N–H and O–H groups in total. The van der Waals surface area contributed by atoms with E-state index < -0.39 is 0 Å². The molecule has 0 nitrogen and oxygen atoms in total. The van der Waals surface area contributed by atoms with Crippen LogP contribution < -0.4 is 0 Å². The minimum Gasteiger partial charge on any atom is -0.159 e. The first-order valence-corrected chi connectivity index (χ1v) is 7.81. The zero-order chi connectivity index (χ0) is 8.86. The van der Waals surface area contributed by atoms with Crippen molar-refractivity contribution >= 4 is 35.3 Å². The Bertz CT molecular complexity index is 119. The Kier molecular flexibility index (Phi) is 5.30. The van der Waals surface area contributed by atoms with Crippen LogP contribution in [0, 0.1) is 0 Å². The van der Waals surface area contributed by atoms with Crippen molar-refractivity contribution in [3.63, 3.8) is 0 Å². The maximum atomic E-state index is 2.33. The van der Waals surface area contributed by atoms with Gasteiger partial charge < -0.3 is 0 Å². The van der Waals surface area contributed by atoms with E-state index in [9.17, 15) is 0 Å². The summed E-state index contributed by atoms with van der Waals surface area (Å²) in [5.74, 6) is 5.41. The van der Waals surface area contributed by atoms with Crippen LogP contribution >= 0.6 is 35.3 Å². The third-order valence-electron chi connectivity index (χ3n) is 2.02. The molecular weight excluding hydrogens is 204 g/mol. The van der Waals surface area contributed by atoms with Gasteiger partial charge in [-0.2, -0.15) is 11.8 Å². The van der Waals surface area contributed by atoms with E-state index in [4.69, 9.17) is 0 Å². The van der Waals surface area contributed by atoms with E-state index in [0.717, 1.165) is 0 Å². The van der Waals surface area contributed by atoms with Crippen LogP contribution in [0.1, 0.15) is 26.7 Å². The van der Waals surface area contributed by atoms with E-state index in [-0.39, 0.29) is 0 Å². The molecule has 0 amide bonds. The Morgan fingerprint density at radius 2 is 2.17 bits per heavy atom. The SMILES string of the molecule is CCCSC1(CC)CSCCS1. The molecule has 0 aromatic heterocycles. The monoisotopic (exact) mass is 222 g/mol. The van der Waals surface area contributed by atoms with Gasteiger partial charge in [0.05, 0.1) is 4.08 Å². The molecule has 1 fully saturated rings. The number of hydrogen-bond acceptors (Lipinski definition) is 3. The molecule has 1 rings (SSSR count). The Hall–Kier alpha value is 1.05. The molecular formula is C9H18S3. The number of thioether (sulfide) groups is 3. The smallest absolute Gasteiger partial charge is 0.0698 e. The molecule has 1 unspecified atom stereocenters. The fourth-order valence-electron chi connectivity index (χ4n) is 1.23. The van der Waals surface area contributed by atoms with Gasteiger partial charge in [-0.15, -0.1) is 23.5 Å². The first kappa shape index (κ1) is 11.1. The lowest BCUT2D eigenvalue weighted by atomic mass is 10.3. The fourth-order valence-corrected chi connectivity index (χ4v) is 6.05. The Morgan fingerprint density at radius 3 is 2.67 bits per heavy atom. The second-order valence-electron chi connectivity index (χ2n) is 3.01. The van der Waals surface area contributed by atoms with Crippen LogP contribution in [-0.4, -0.2) is 27.1 Å². The average molecular weight is 222 g/mol. The third-order valence-corrected chi connectivity index (χ3v) is 7.48. The second kappa shape index (κ2) is 5.71. The molecule has 0 radical (unpaired) electrons. The summed E-state index contributed by atoms with van der Waals surface area (Å²) in [5, 5.41) is 0. The van der Waals surface area contributed by atoms with Crippen LogP contribution in [0.25, 0.3) is 0 Å². The van der Waals surface area contributed by atoms with Crippen LogP contribution in [0.3, 0.4) is 0 Å². The molecule has 0 bridgehead atoms. The zero-order valence-corrected chi connectivity index (χ0v) is 10.4. The van der Waals surface area contributed by atoms with Gasteiger partial charge in [-0.25, -0.2) is 0 Å². The highest BCUT2D eigenvalue weighted by Crippen LogP contribution is 2.46. The first-order chi connectivity index (χ1) is 5.83. The first-order valence-electron chi connectivity index (χ1n) is 4.68. The molecule has 0 aliphatic carbocycles. The summed E-state index contributed by atoms with van der Waals surface area (Å²) in [4.78, 5) is 0. The van der Waals surface area contributed by atoms with Crippen molar-refractivity contribution < 1.29 is 0 Å². The van der Waals surface area contributed by atoms with E-state index in [1.165, 1.54) is 35.9 Å². The topological polar surface area (TPSA) is 0 Å². The summed E-state index contributed by atoms with van der Waals surface area (Å²) < 4.78 is 0.568. The highest BCUT2D eigenvalue weighted by atomic mass is 32.2. The van der Waals surface area contributed by atoms with Gasteiger partial charge >= 0.3 is 0 Å². The number of hydrogen-bond donors (Lipinski definition) is 0. The van der Waals surface area contributed by atoms with Crippen LogP contribution in [0.2, 0.25) is 0 Å². The van der Waals surface area contributed by atoms with Crippen molar-refractivity contribution in [2.75, 3.05) is 23.0 Å². The van der Waals surface area contributed by atoms with E-state index in [2.05, 4.69) is 49.1 Å². The summed E-state index contributed by atoms with van der Waals surface area (Å²) in [5.41, 5.74) is 0. The lowest BCUT2D eigenvalue weighted by Crippen LogP contribution is -2.27. The van der Waals surface area contributed by atoms with Gasteiger partial charge in [0.2, 0.25) is 0 Å². The van der Waals surface area contributed by atoms with Crippen molar-refractivity contribution in [2.24, 2.45) is 0 Å². The minimum absolute atomic E-state index is 0.568. The van der Waals surface area contributed by atoms with E-state index in [1.54, 1.807) is 0 Å². The van der Waals surface area contributed by atoms with E-state index in [1.807, 2.05) is 0 Å². The third kappa shape index (κ3) is 3.08.